The third-order valence-corrected chi connectivity index (χ3v) is 6.73. The first-order chi connectivity index (χ1) is 16.5. The third kappa shape index (κ3) is 4.45. The predicted octanol–water partition coefficient (Wildman–Crippen LogP) is 2.71. The van der Waals surface area contributed by atoms with Crippen LogP contribution in [0.2, 0.25) is 0 Å². The Morgan fingerprint density at radius 2 is 1.91 bits per heavy atom. The van der Waals surface area contributed by atoms with E-state index in [9.17, 15) is 9.59 Å². The first-order valence-corrected chi connectivity index (χ1v) is 11.4. The van der Waals surface area contributed by atoms with Crippen LogP contribution in [0.3, 0.4) is 0 Å². The van der Waals surface area contributed by atoms with Crippen LogP contribution in [-0.4, -0.2) is 61.1 Å². The van der Waals surface area contributed by atoms with Crippen LogP contribution in [0.25, 0.3) is 0 Å². The largest absolute Gasteiger partial charge is 0.457 e. The van der Waals surface area contributed by atoms with Gasteiger partial charge in [0.15, 0.2) is 6.67 Å². The lowest BCUT2D eigenvalue weighted by Gasteiger charge is -2.35. The summed E-state index contributed by atoms with van der Waals surface area (Å²) in [5, 5.41) is 9.41. The molecule has 3 aliphatic heterocycles. The number of rotatable bonds is 6. The molecule has 5 rings (SSSR count). The second-order valence-electron chi connectivity index (χ2n) is 8.79. The van der Waals surface area contributed by atoms with Crippen LogP contribution < -0.4 is 10.5 Å². The number of amides is 1. The van der Waals surface area contributed by atoms with E-state index in [1.807, 2.05) is 36.1 Å². The number of fused-ring (bicyclic) bond motifs is 1. The molecule has 0 radical (unpaired) electrons. The van der Waals surface area contributed by atoms with Crippen molar-refractivity contribution in [2.24, 2.45) is 10.3 Å². The van der Waals surface area contributed by atoms with Crippen molar-refractivity contribution in [3.63, 3.8) is 0 Å². The lowest BCUT2D eigenvalue weighted by atomic mass is 9.95. The average Bonchev–Trinajstić information content (AvgIpc) is 3.51. The van der Waals surface area contributed by atoms with E-state index >= 15 is 4.39 Å². The highest BCUT2D eigenvalue weighted by atomic mass is 19.1. The number of hydrogen-bond acceptors (Lipinski definition) is 8. The Kier molecular flexibility index (Phi) is 6.14. The number of alkyl halides is 1. The van der Waals surface area contributed by atoms with Gasteiger partial charge in [0.25, 0.3) is 0 Å². The quantitative estimate of drug-likeness (QED) is 0.659. The number of halogens is 1. The zero-order valence-electron chi connectivity index (χ0n) is 19.0. The normalized spacial score (nSPS) is 18.6. The lowest BCUT2D eigenvalue weighted by molar-refractivity contribution is -0.132. The molecule has 0 spiro atoms. The number of carbonyl (C=O) groups excluding carboxylic acids is 2. The number of piperazine rings is 1. The smallest absolute Gasteiger partial charge is 0.338 e. The van der Waals surface area contributed by atoms with E-state index in [-0.39, 0.29) is 25.0 Å². The van der Waals surface area contributed by atoms with E-state index in [1.165, 1.54) is 0 Å². The molecule has 2 aromatic rings. The molecule has 0 aliphatic carbocycles. The summed E-state index contributed by atoms with van der Waals surface area (Å²) in [4.78, 5) is 28.4. The van der Waals surface area contributed by atoms with E-state index < -0.39 is 6.17 Å². The summed E-state index contributed by atoms with van der Waals surface area (Å²) in [5.41, 5.74) is 7.40. The van der Waals surface area contributed by atoms with Gasteiger partial charge in [0, 0.05) is 38.3 Å². The molecule has 0 bridgehead atoms. The Labute approximate surface area is 197 Å². The Morgan fingerprint density at radius 1 is 1.15 bits per heavy atom. The Hall–Kier alpha value is -3.53. The molecule has 0 saturated carbocycles. The van der Waals surface area contributed by atoms with Gasteiger partial charge < -0.3 is 9.64 Å². The molecule has 34 heavy (non-hydrogen) atoms. The Morgan fingerprint density at radius 3 is 2.62 bits per heavy atom. The van der Waals surface area contributed by atoms with Crippen molar-refractivity contribution in [1.82, 2.24) is 15.3 Å². The molecule has 1 N–H and O–H groups in total. The van der Waals surface area contributed by atoms with Gasteiger partial charge in [-0.25, -0.2) is 14.2 Å². The highest BCUT2D eigenvalue weighted by Crippen LogP contribution is 2.31. The van der Waals surface area contributed by atoms with Gasteiger partial charge >= 0.3 is 5.97 Å². The Bertz CT molecular complexity index is 1110. The van der Waals surface area contributed by atoms with Gasteiger partial charge in [0.05, 0.1) is 17.7 Å². The zero-order chi connectivity index (χ0) is 23.7. The summed E-state index contributed by atoms with van der Waals surface area (Å²) in [5.74, 6) is -0.264. The third-order valence-electron chi connectivity index (χ3n) is 6.73. The average molecular weight is 467 g/mol. The Balaban J connectivity index is 1.11. The van der Waals surface area contributed by atoms with Crippen molar-refractivity contribution in [3.05, 3.63) is 64.2 Å². The van der Waals surface area contributed by atoms with Crippen molar-refractivity contribution in [1.29, 1.82) is 0 Å². The van der Waals surface area contributed by atoms with Crippen molar-refractivity contribution in [3.8, 4) is 0 Å². The maximum absolute atomic E-state index is 15.2. The number of esters is 1. The van der Waals surface area contributed by atoms with Gasteiger partial charge in [-0.05, 0) is 41.8 Å². The number of hydrogen-bond donors (Lipinski definition) is 1. The molecule has 1 unspecified atom stereocenters. The number of ether oxygens (including phenoxy) is 1. The summed E-state index contributed by atoms with van der Waals surface area (Å²) in [6, 6.07) is 11.1. The van der Waals surface area contributed by atoms with Crippen LogP contribution >= 0.6 is 0 Å². The van der Waals surface area contributed by atoms with Crippen LogP contribution in [0, 0.1) is 6.92 Å². The minimum absolute atomic E-state index is 0.0765. The van der Waals surface area contributed by atoms with Gasteiger partial charge in [-0.1, -0.05) is 23.4 Å². The van der Waals surface area contributed by atoms with E-state index in [0.717, 1.165) is 22.4 Å². The number of carbonyl (C=O) groups is 2. The second kappa shape index (κ2) is 9.38. The summed E-state index contributed by atoms with van der Waals surface area (Å²) in [6.07, 6.45) is -0.823. The van der Waals surface area contributed by atoms with Gasteiger partial charge in [-0.2, -0.15) is 5.53 Å². The maximum Gasteiger partial charge on any atom is 0.338 e. The highest BCUT2D eigenvalue weighted by Gasteiger charge is 2.28. The zero-order valence-corrected chi connectivity index (χ0v) is 19.0. The number of benzene rings is 2. The van der Waals surface area contributed by atoms with Crippen LogP contribution in [0.4, 0.5) is 10.1 Å². The van der Waals surface area contributed by atoms with E-state index in [0.29, 0.717) is 50.4 Å². The van der Waals surface area contributed by atoms with E-state index in [4.69, 9.17) is 4.74 Å². The molecule has 1 amide bonds. The van der Waals surface area contributed by atoms with Gasteiger partial charge in [-0.15, -0.1) is 5.11 Å². The minimum atomic E-state index is -1.16. The molecule has 2 aromatic carbocycles. The lowest BCUT2D eigenvalue weighted by Crippen LogP contribution is -2.49. The molecule has 3 heterocycles. The van der Waals surface area contributed by atoms with Gasteiger partial charge in [0.1, 0.15) is 12.8 Å². The van der Waals surface area contributed by atoms with Crippen molar-refractivity contribution < 1.29 is 18.7 Å². The molecular formula is C24H27FN6O3. The second-order valence-corrected chi connectivity index (χ2v) is 8.79. The number of hydrazine groups is 1. The van der Waals surface area contributed by atoms with Gasteiger partial charge in [-0.3, -0.25) is 9.69 Å². The van der Waals surface area contributed by atoms with E-state index in [1.54, 1.807) is 17.1 Å². The SMILES string of the molecule is Cc1c(C(F)CN2CCN(C(=O)Cc3ccc(N4CN=NN4)cc3)CC2)ccc2c1COC2=O. The molecule has 0 aromatic heterocycles. The standard InChI is InChI=1S/C24H27FN6O3/c1-16-19(6-7-20-21(16)14-34-24(20)33)22(25)13-29-8-10-30(11-9-29)23(32)12-17-2-4-18(5-3-17)31-15-26-27-28-31/h2-7,22H,8-15H2,1H3,(H,26,28). The fraction of sp³-hybridized carbons (Fsp3) is 0.417. The maximum atomic E-state index is 15.2. The topological polar surface area (TPSA) is 89.8 Å². The van der Waals surface area contributed by atoms with Crippen molar-refractivity contribution in [2.75, 3.05) is 44.4 Å². The fourth-order valence-electron chi connectivity index (χ4n) is 4.64. The molecule has 1 atom stereocenters. The van der Waals surface area contributed by atoms with Crippen LogP contribution in [0.5, 0.6) is 0 Å². The monoisotopic (exact) mass is 466 g/mol. The predicted molar refractivity (Wildman–Crippen MR) is 123 cm³/mol. The first-order valence-electron chi connectivity index (χ1n) is 11.4. The van der Waals surface area contributed by atoms with Crippen molar-refractivity contribution in [2.45, 2.75) is 26.1 Å². The number of nitrogens with one attached hydrogen (secondary N) is 1. The number of nitrogens with zero attached hydrogens (tertiary/aromatic N) is 5. The number of cyclic esters (lactones) is 1. The van der Waals surface area contributed by atoms with E-state index in [2.05, 4.69) is 20.8 Å². The molecule has 1 saturated heterocycles. The summed E-state index contributed by atoms with van der Waals surface area (Å²) >= 11 is 0. The van der Waals surface area contributed by atoms with Crippen LogP contribution in [-0.2, 0) is 22.6 Å². The summed E-state index contributed by atoms with van der Waals surface area (Å²) in [6.45, 7) is 5.20. The molecule has 3 aliphatic rings. The summed E-state index contributed by atoms with van der Waals surface area (Å²) in [7, 11) is 0. The first kappa shape index (κ1) is 22.3. The minimum Gasteiger partial charge on any atom is -0.457 e. The molecule has 10 heteroatoms. The molecule has 178 valence electrons. The highest BCUT2D eigenvalue weighted by molar-refractivity contribution is 5.94. The molecule has 9 nitrogen and oxygen atoms in total. The van der Waals surface area contributed by atoms with Crippen LogP contribution in [0.1, 0.15) is 38.8 Å². The summed E-state index contributed by atoms with van der Waals surface area (Å²) < 4.78 is 20.2. The van der Waals surface area contributed by atoms with Gasteiger partial charge in [0.2, 0.25) is 5.91 Å². The fourth-order valence-corrected chi connectivity index (χ4v) is 4.64. The molecule has 1 fully saturated rings. The van der Waals surface area contributed by atoms with Crippen LogP contribution in [0.15, 0.2) is 46.7 Å². The molecular weight excluding hydrogens is 439 g/mol. The number of anilines is 1. The van der Waals surface area contributed by atoms with Crippen molar-refractivity contribution >= 4 is 17.6 Å².